The molecular formula is C14H16FN3. The van der Waals surface area contributed by atoms with Crippen molar-refractivity contribution in [2.24, 2.45) is 0 Å². The summed E-state index contributed by atoms with van der Waals surface area (Å²) in [6.07, 6.45) is 0. The molecule has 18 heavy (non-hydrogen) atoms. The summed E-state index contributed by atoms with van der Waals surface area (Å²) in [4.78, 5) is 8.78. The number of hydrogen-bond donors (Lipinski definition) is 1. The van der Waals surface area contributed by atoms with Gasteiger partial charge in [0.25, 0.3) is 0 Å². The van der Waals surface area contributed by atoms with Crippen LogP contribution in [-0.2, 0) is 0 Å². The molecule has 0 radical (unpaired) electrons. The van der Waals surface area contributed by atoms with Crippen LogP contribution >= 0.6 is 0 Å². The van der Waals surface area contributed by atoms with E-state index in [1.807, 2.05) is 26.8 Å². The van der Waals surface area contributed by atoms with Gasteiger partial charge in [0.05, 0.1) is 0 Å². The average molecular weight is 245 g/mol. The lowest BCUT2D eigenvalue weighted by molar-refractivity contribution is 0.627. The van der Waals surface area contributed by atoms with Gasteiger partial charge in [-0.1, -0.05) is 6.07 Å². The zero-order valence-corrected chi connectivity index (χ0v) is 10.8. The van der Waals surface area contributed by atoms with Crippen molar-refractivity contribution in [3.05, 3.63) is 41.3 Å². The number of rotatable bonds is 3. The van der Waals surface area contributed by atoms with Crippen molar-refractivity contribution in [3.8, 4) is 11.4 Å². The minimum Gasteiger partial charge on any atom is -0.370 e. The van der Waals surface area contributed by atoms with E-state index in [0.29, 0.717) is 5.82 Å². The summed E-state index contributed by atoms with van der Waals surface area (Å²) >= 11 is 0. The molecule has 0 aliphatic carbocycles. The molecule has 0 atom stereocenters. The molecule has 1 aromatic carbocycles. The van der Waals surface area contributed by atoms with E-state index in [1.54, 1.807) is 6.07 Å². The van der Waals surface area contributed by atoms with Crippen LogP contribution in [-0.4, -0.2) is 16.5 Å². The number of hydrogen-bond acceptors (Lipinski definition) is 3. The Bertz CT molecular complexity index is 567. The van der Waals surface area contributed by atoms with Crippen LogP contribution in [0.5, 0.6) is 0 Å². The lowest BCUT2D eigenvalue weighted by atomic mass is 10.1. The number of aryl methyl sites for hydroxylation is 2. The molecule has 4 heteroatoms. The van der Waals surface area contributed by atoms with E-state index in [4.69, 9.17) is 0 Å². The molecule has 1 N–H and O–H groups in total. The number of nitrogens with one attached hydrogen (secondary N) is 1. The maximum Gasteiger partial charge on any atom is 0.162 e. The molecule has 0 saturated heterocycles. The van der Waals surface area contributed by atoms with Crippen LogP contribution < -0.4 is 5.32 Å². The van der Waals surface area contributed by atoms with Crippen LogP contribution in [0.3, 0.4) is 0 Å². The number of benzene rings is 1. The van der Waals surface area contributed by atoms with Gasteiger partial charge in [-0.05, 0) is 38.5 Å². The molecule has 1 heterocycles. The minimum atomic E-state index is -0.272. The number of anilines is 1. The van der Waals surface area contributed by atoms with Crippen molar-refractivity contribution < 1.29 is 4.39 Å². The summed E-state index contributed by atoms with van der Waals surface area (Å²) in [5.74, 6) is 1.05. The first-order valence-corrected chi connectivity index (χ1v) is 5.96. The molecule has 0 aliphatic rings. The smallest absolute Gasteiger partial charge is 0.162 e. The SMILES string of the molecule is CCNc1cc(C)nc(-c2cc(F)ccc2C)n1. The Hall–Kier alpha value is -1.97. The van der Waals surface area contributed by atoms with Crippen molar-refractivity contribution in [1.29, 1.82) is 0 Å². The van der Waals surface area contributed by atoms with Crippen LogP contribution in [0.4, 0.5) is 10.2 Å². The van der Waals surface area contributed by atoms with Gasteiger partial charge < -0.3 is 5.32 Å². The third-order valence-corrected chi connectivity index (χ3v) is 2.65. The Morgan fingerprint density at radius 3 is 2.67 bits per heavy atom. The molecule has 3 nitrogen and oxygen atoms in total. The van der Waals surface area contributed by atoms with Crippen molar-refractivity contribution in [1.82, 2.24) is 9.97 Å². The van der Waals surface area contributed by atoms with E-state index in [0.717, 1.165) is 29.2 Å². The van der Waals surface area contributed by atoms with E-state index in [9.17, 15) is 4.39 Å². The van der Waals surface area contributed by atoms with E-state index < -0.39 is 0 Å². The average Bonchev–Trinajstić information content (AvgIpc) is 2.32. The lowest BCUT2D eigenvalue weighted by Gasteiger charge is -2.09. The maximum absolute atomic E-state index is 13.3. The van der Waals surface area contributed by atoms with Crippen LogP contribution in [0.15, 0.2) is 24.3 Å². The fraction of sp³-hybridized carbons (Fsp3) is 0.286. The topological polar surface area (TPSA) is 37.8 Å². The molecule has 0 amide bonds. The van der Waals surface area contributed by atoms with Gasteiger partial charge >= 0.3 is 0 Å². The Morgan fingerprint density at radius 2 is 1.94 bits per heavy atom. The molecule has 0 spiro atoms. The highest BCUT2D eigenvalue weighted by atomic mass is 19.1. The normalized spacial score (nSPS) is 10.4. The second kappa shape index (κ2) is 5.12. The molecule has 1 aromatic heterocycles. The van der Waals surface area contributed by atoms with Gasteiger partial charge in [-0.2, -0.15) is 0 Å². The Kier molecular flexibility index (Phi) is 3.55. The number of halogens is 1. The van der Waals surface area contributed by atoms with Gasteiger partial charge in [0.1, 0.15) is 11.6 Å². The molecule has 0 aliphatic heterocycles. The van der Waals surface area contributed by atoms with Crippen molar-refractivity contribution in [3.63, 3.8) is 0 Å². The zero-order chi connectivity index (χ0) is 13.1. The fourth-order valence-electron chi connectivity index (χ4n) is 1.80. The van der Waals surface area contributed by atoms with Gasteiger partial charge in [0, 0.05) is 23.9 Å². The quantitative estimate of drug-likeness (QED) is 0.901. The van der Waals surface area contributed by atoms with Gasteiger partial charge in [-0.25, -0.2) is 14.4 Å². The summed E-state index contributed by atoms with van der Waals surface area (Å²) in [5.41, 5.74) is 2.56. The standard InChI is InChI=1S/C14H16FN3/c1-4-16-13-7-10(3)17-14(18-13)12-8-11(15)6-5-9(12)2/h5-8H,4H2,1-3H3,(H,16,17,18). The summed E-state index contributed by atoms with van der Waals surface area (Å²) in [5, 5.41) is 3.15. The summed E-state index contributed by atoms with van der Waals surface area (Å²) in [6, 6.07) is 6.53. The second-order valence-corrected chi connectivity index (χ2v) is 4.21. The van der Waals surface area contributed by atoms with E-state index in [1.165, 1.54) is 12.1 Å². The van der Waals surface area contributed by atoms with Gasteiger partial charge in [-0.3, -0.25) is 0 Å². The molecule has 0 fully saturated rings. The highest BCUT2D eigenvalue weighted by molar-refractivity contribution is 5.61. The fourth-order valence-corrected chi connectivity index (χ4v) is 1.80. The van der Waals surface area contributed by atoms with Gasteiger partial charge in [0.2, 0.25) is 0 Å². The first-order valence-electron chi connectivity index (χ1n) is 5.96. The highest BCUT2D eigenvalue weighted by Crippen LogP contribution is 2.22. The van der Waals surface area contributed by atoms with E-state index in [2.05, 4.69) is 15.3 Å². The predicted octanol–water partition coefficient (Wildman–Crippen LogP) is 3.33. The van der Waals surface area contributed by atoms with Gasteiger partial charge in [-0.15, -0.1) is 0 Å². The van der Waals surface area contributed by atoms with Gasteiger partial charge in [0.15, 0.2) is 5.82 Å². The van der Waals surface area contributed by atoms with Crippen LogP contribution in [0, 0.1) is 19.7 Å². The highest BCUT2D eigenvalue weighted by Gasteiger charge is 2.08. The third kappa shape index (κ3) is 2.64. The first kappa shape index (κ1) is 12.5. The summed E-state index contributed by atoms with van der Waals surface area (Å²) < 4.78 is 13.3. The van der Waals surface area contributed by atoms with Crippen LogP contribution in [0.2, 0.25) is 0 Å². The first-order chi connectivity index (χ1) is 8.60. The third-order valence-electron chi connectivity index (χ3n) is 2.65. The summed E-state index contributed by atoms with van der Waals surface area (Å²) in [7, 11) is 0. The summed E-state index contributed by atoms with van der Waals surface area (Å²) in [6.45, 7) is 6.62. The predicted molar refractivity (Wildman–Crippen MR) is 71.1 cm³/mol. The van der Waals surface area contributed by atoms with E-state index >= 15 is 0 Å². The van der Waals surface area contributed by atoms with Crippen molar-refractivity contribution in [2.45, 2.75) is 20.8 Å². The Labute approximate surface area is 106 Å². The van der Waals surface area contributed by atoms with E-state index in [-0.39, 0.29) is 5.82 Å². The molecule has 0 unspecified atom stereocenters. The molecule has 0 bridgehead atoms. The molecule has 0 saturated carbocycles. The Morgan fingerprint density at radius 1 is 1.17 bits per heavy atom. The number of aromatic nitrogens is 2. The van der Waals surface area contributed by atoms with Crippen molar-refractivity contribution >= 4 is 5.82 Å². The molecule has 2 aromatic rings. The molecular weight excluding hydrogens is 229 g/mol. The zero-order valence-electron chi connectivity index (χ0n) is 10.8. The largest absolute Gasteiger partial charge is 0.370 e. The molecule has 94 valence electrons. The van der Waals surface area contributed by atoms with Crippen LogP contribution in [0.1, 0.15) is 18.2 Å². The number of nitrogens with zero attached hydrogens (tertiary/aromatic N) is 2. The maximum atomic E-state index is 13.3. The van der Waals surface area contributed by atoms with Crippen molar-refractivity contribution in [2.75, 3.05) is 11.9 Å². The second-order valence-electron chi connectivity index (χ2n) is 4.21. The van der Waals surface area contributed by atoms with Crippen LogP contribution in [0.25, 0.3) is 11.4 Å². The lowest BCUT2D eigenvalue weighted by Crippen LogP contribution is -2.03. The monoisotopic (exact) mass is 245 g/mol. The Balaban J connectivity index is 2.52. The molecule has 2 rings (SSSR count). The minimum absolute atomic E-state index is 0.272.